The van der Waals surface area contributed by atoms with E-state index in [1.165, 1.54) is 0 Å². The van der Waals surface area contributed by atoms with Crippen molar-refractivity contribution in [1.82, 2.24) is 4.90 Å². The standard InChI is InChI=1S/C17H25NO4/c1-3-20-11-14-10-17(12-22-14)5-7-18(8-6-17)16(19)15-13(2)4-9-21-15/h4,9,14H,3,5-8,10-12H2,1-2H3/t14-/m0/s1. The molecule has 22 heavy (non-hydrogen) atoms. The van der Waals surface area contributed by atoms with Crippen LogP contribution >= 0.6 is 0 Å². The molecule has 0 unspecified atom stereocenters. The molecule has 1 aromatic heterocycles. The Labute approximate surface area is 131 Å². The molecule has 0 bridgehead atoms. The van der Waals surface area contributed by atoms with Crippen molar-refractivity contribution in [2.75, 3.05) is 32.9 Å². The lowest BCUT2D eigenvalue weighted by Gasteiger charge is -2.38. The average molecular weight is 307 g/mol. The number of hydrogen-bond acceptors (Lipinski definition) is 4. The third-order valence-corrected chi connectivity index (χ3v) is 4.96. The number of carbonyl (C=O) groups is 1. The van der Waals surface area contributed by atoms with Crippen LogP contribution in [0.1, 0.15) is 42.3 Å². The molecule has 1 spiro atoms. The Morgan fingerprint density at radius 1 is 1.45 bits per heavy atom. The van der Waals surface area contributed by atoms with Gasteiger partial charge in [-0.15, -0.1) is 0 Å². The van der Waals surface area contributed by atoms with Crippen LogP contribution in [0.4, 0.5) is 0 Å². The van der Waals surface area contributed by atoms with Gasteiger partial charge in [0.25, 0.3) is 5.91 Å². The van der Waals surface area contributed by atoms with Gasteiger partial charge in [0.2, 0.25) is 0 Å². The summed E-state index contributed by atoms with van der Waals surface area (Å²) in [5.41, 5.74) is 1.14. The summed E-state index contributed by atoms with van der Waals surface area (Å²) >= 11 is 0. The van der Waals surface area contributed by atoms with Crippen LogP contribution < -0.4 is 0 Å². The minimum atomic E-state index is 0.0159. The number of furan rings is 1. The van der Waals surface area contributed by atoms with Gasteiger partial charge in [-0.1, -0.05) is 0 Å². The second kappa shape index (κ2) is 6.42. The van der Waals surface area contributed by atoms with Crippen molar-refractivity contribution < 1.29 is 18.7 Å². The van der Waals surface area contributed by atoms with Gasteiger partial charge < -0.3 is 18.8 Å². The van der Waals surface area contributed by atoms with E-state index in [0.29, 0.717) is 12.4 Å². The number of ether oxygens (including phenoxy) is 2. The zero-order valence-electron chi connectivity index (χ0n) is 13.5. The van der Waals surface area contributed by atoms with Crippen molar-refractivity contribution in [3.63, 3.8) is 0 Å². The first kappa shape index (κ1) is 15.6. The van der Waals surface area contributed by atoms with Crippen molar-refractivity contribution >= 4 is 5.91 Å². The predicted molar refractivity (Wildman–Crippen MR) is 81.9 cm³/mol. The molecule has 0 saturated carbocycles. The molecule has 0 aromatic carbocycles. The van der Waals surface area contributed by atoms with Crippen molar-refractivity contribution in [2.24, 2.45) is 5.41 Å². The molecule has 122 valence electrons. The number of carbonyl (C=O) groups excluding carboxylic acids is 1. The molecular formula is C17H25NO4. The molecule has 0 N–H and O–H groups in total. The van der Waals surface area contributed by atoms with Gasteiger partial charge in [-0.05, 0) is 44.6 Å². The average Bonchev–Trinajstić information content (AvgIpc) is 3.12. The number of aryl methyl sites for hydroxylation is 1. The Hall–Kier alpha value is -1.33. The minimum absolute atomic E-state index is 0.0159. The van der Waals surface area contributed by atoms with Crippen molar-refractivity contribution in [3.8, 4) is 0 Å². The molecule has 2 aliphatic heterocycles. The number of amides is 1. The molecule has 2 saturated heterocycles. The molecular weight excluding hydrogens is 282 g/mol. The first-order valence-corrected chi connectivity index (χ1v) is 8.16. The van der Waals surface area contributed by atoms with Gasteiger partial charge in [0.15, 0.2) is 5.76 Å². The summed E-state index contributed by atoms with van der Waals surface area (Å²) in [5.74, 6) is 0.495. The van der Waals surface area contributed by atoms with Gasteiger partial charge in [-0.3, -0.25) is 4.79 Å². The summed E-state index contributed by atoms with van der Waals surface area (Å²) in [6.07, 6.45) is 4.85. The number of rotatable bonds is 4. The van der Waals surface area contributed by atoms with E-state index < -0.39 is 0 Å². The van der Waals surface area contributed by atoms with Crippen molar-refractivity contribution in [2.45, 2.75) is 39.2 Å². The van der Waals surface area contributed by atoms with E-state index in [2.05, 4.69) is 0 Å². The Balaban J connectivity index is 1.55. The first-order chi connectivity index (χ1) is 10.6. The quantitative estimate of drug-likeness (QED) is 0.858. The molecule has 1 aromatic rings. The molecule has 5 heteroatoms. The van der Waals surface area contributed by atoms with Crippen molar-refractivity contribution in [1.29, 1.82) is 0 Å². The molecule has 2 fully saturated rings. The molecule has 1 amide bonds. The van der Waals surface area contributed by atoms with Gasteiger partial charge in [0.1, 0.15) is 0 Å². The first-order valence-electron chi connectivity index (χ1n) is 8.16. The van der Waals surface area contributed by atoms with E-state index >= 15 is 0 Å². The van der Waals surface area contributed by atoms with Gasteiger partial charge >= 0.3 is 0 Å². The summed E-state index contributed by atoms with van der Waals surface area (Å²) in [6.45, 7) is 7.70. The normalized spacial score (nSPS) is 24.1. The fourth-order valence-electron chi connectivity index (χ4n) is 3.52. The van der Waals surface area contributed by atoms with Crippen molar-refractivity contribution in [3.05, 3.63) is 23.7 Å². The summed E-state index contributed by atoms with van der Waals surface area (Å²) in [5, 5.41) is 0. The van der Waals surface area contributed by atoms with Crippen LogP contribution in [0.5, 0.6) is 0 Å². The number of piperidine rings is 1. The molecule has 3 heterocycles. The third kappa shape index (κ3) is 3.06. The fraction of sp³-hybridized carbons (Fsp3) is 0.706. The maximum absolute atomic E-state index is 12.5. The van der Waals surface area contributed by atoms with Crippen LogP contribution in [-0.4, -0.2) is 49.8 Å². The van der Waals surface area contributed by atoms with Crippen LogP contribution in [0.2, 0.25) is 0 Å². The summed E-state index contributed by atoms with van der Waals surface area (Å²) < 4.78 is 16.7. The van der Waals surface area contributed by atoms with Gasteiger partial charge in [-0.2, -0.15) is 0 Å². The minimum Gasteiger partial charge on any atom is -0.459 e. The number of likely N-dealkylation sites (tertiary alicyclic amines) is 1. The monoisotopic (exact) mass is 307 g/mol. The highest BCUT2D eigenvalue weighted by Gasteiger charge is 2.43. The summed E-state index contributed by atoms with van der Waals surface area (Å²) in [7, 11) is 0. The van der Waals surface area contributed by atoms with E-state index in [-0.39, 0.29) is 17.4 Å². The van der Waals surface area contributed by atoms with E-state index in [9.17, 15) is 4.79 Å². The van der Waals surface area contributed by atoms with Crippen LogP contribution in [0.15, 0.2) is 16.7 Å². The molecule has 5 nitrogen and oxygen atoms in total. The van der Waals surface area contributed by atoms with E-state index in [1.54, 1.807) is 6.26 Å². The van der Waals surface area contributed by atoms with E-state index in [0.717, 1.165) is 51.1 Å². The third-order valence-electron chi connectivity index (χ3n) is 4.96. The molecule has 0 aliphatic carbocycles. The van der Waals surface area contributed by atoms with E-state index in [1.807, 2.05) is 24.8 Å². The second-order valence-electron chi connectivity index (χ2n) is 6.52. The Morgan fingerprint density at radius 3 is 2.86 bits per heavy atom. The maximum Gasteiger partial charge on any atom is 0.289 e. The molecule has 2 aliphatic rings. The predicted octanol–water partition coefficient (Wildman–Crippen LogP) is 2.64. The number of nitrogens with zero attached hydrogens (tertiary/aromatic N) is 1. The number of hydrogen-bond donors (Lipinski definition) is 0. The van der Waals surface area contributed by atoms with Crippen LogP contribution in [0.25, 0.3) is 0 Å². The van der Waals surface area contributed by atoms with Crippen LogP contribution in [-0.2, 0) is 9.47 Å². The Kier molecular flexibility index (Phi) is 4.54. The summed E-state index contributed by atoms with van der Waals surface area (Å²) in [6, 6.07) is 1.84. The molecule has 3 rings (SSSR count). The van der Waals surface area contributed by atoms with Crippen LogP contribution in [0, 0.1) is 12.3 Å². The lowest BCUT2D eigenvalue weighted by molar-refractivity contribution is 0.0158. The topological polar surface area (TPSA) is 51.9 Å². The lowest BCUT2D eigenvalue weighted by atomic mass is 9.76. The zero-order chi connectivity index (χ0) is 15.6. The van der Waals surface area contributed by atoms with Crippen LogP contribution in [0.3, 0.4) is 0 Å². The lowest BCUT2D eigenvalue weighted by Crippen LogP contribution is -2.43. The highest BCUT2D eigenvalue weighted by atomic mass is 16.5. The summed E-state index contributed by atoms with van der Waals surface area (Å²) in [4.78, 5) is 14.4. The SMILES string of the molecule is CCOC[C@@H]1CC2(CCN(C(=O)c3occc3C)CC2)CO1. The highest BCUT2D eigenvalue weighted by Crippen LogP contribution is 2.42. The van der Waals surface area contributed by atoms with E-state index in [4.69, 9.17) is 13.9 Å². The molecule has 1 atom stereocenters. The highest BCUT2D eigenvalue weighted by molar-refractivity contribution is 5.92. The maximum atomic E-state index is 12.5. The largest absolute Gasteiger partial charge is 0.459 e. The zero-order valence-corrected chi connectivity index (χ0v) is 13.5. The smallest absolute Gasteiger partial charge is 0.289 e. The second-order valence-corrected chi connectivity index (χ2v) is 6.52. The molecule has 0 radical (unpaired) electrons. The van der Waals surface area contributed by atoms with Gasteiger partial charge in [0, 0.05) is 25.3 Å². The van der Waals surface area contributed by atoms with Gasteiger partial charge in [-0.25, -0.2) is 0 Å². The van der Waals surface area contributed by atoms with Gasteiger partial charge in [0.05, 0.1) is 25.6 Å². The Morgan fingerprint density at radius 2 is 2.23 bits per heavy atom. The Bertz CT molecular complexity index is 516. The fourth-order valence-corrected chi connectivity index (χ4v) is 3.52.